The van der Waals surface area contributed by atoms with Crippen LogP contribution in [-0.4, -0.2) is 0 Å². The Hall–Kier alpha value is -1.86. The maximum absolute atomic E-state index is 3.69. The van der Waals surface area contributed by atoms with E-state index in [0.29, 0.717) is 0 Å². The molecule has 21 heavy (non-hydrogen) atoms. The van der Waals surface area contributed by atoms with Crippen molar-refractivity contribution < 1.29 is 0 Å². The Morgan fingerprint density at radius 1 is 0.857 bits per heavy atom. The normalized spacial score (nSPS) is 13.3. The third-order valence-corrected chi connectivity index (χ3v) is 4.92. The van der Waals surface area contributed by atoms with Crippen molar-refractivity contribution in [1.29, 1.82) is 0 Å². The highest BCUT2D eigenvalue weighted by atomic mass is 79.9. The summed E-state index contributed by atoms with van der Waals surface area (Å²) < 4.78 is 1.19. The lowest BCUT2D eigenvalue weighted by molar-refractivity contribution is 1.20. The number of fused-ring (bicyclic) bond motifs is 2. The van der Waals surface area contributed by atoms with E-state index in [1.165, 1.54) is 43.1 Å². The molecule has 0 aromatic heterocycles. The quantitative estimate of drug-likeness (QED) is 0.494. The molecule has 0 heterocycles. The number of allylic oxidation sites excluding steroid dienone is 1. The van der Waals surface area contributed by atoms with Crippen molar-refractivity contribution in [2.45, 2.75) is 13.3 Å². The summed E-state index contributed by atoms with van der Waals surface area (Å²) in [6.45, 7) is 2.21. The summed E-state index contributed by atoms with van der Waals surface area (Å²) in [6, 6.07) is 19.6. The van der Waals surface area contributed by atoms with Crippen LogP contribution in [0.25, 0.3) is 28.0 Å². The molecule has 0 unspecified atom stereocenters. The van der Waals surface area contributed by atoms with Crippen LogP contribution in [0, 0.1) is 0 Å². The second kappa shape index (κ2) is 4.85. The highest BCUT2D eigenvalue weighted by molar-refractivity contribution is 9.10. The highest BCUT2D eigenvalue weighted by Crippen LogP contribution is 2.40. The number of hydrogen-bond acceptors (Lipinski definition) is 0. The van der Waals surface area contributed by atoms with Gasteiger partial charge in [-0.15, -0.1) is 0 Å². The molecule has 3 aromatic rings. The van der Waals surface area contributed by atoms with Gasteiger partial charge in [0.25, 0.3) is 0 Å². The fraction of sp³-hybridized carbons (Fsp3) is 0.100. The number of rotatable bonds is 1. The summed E-state index contributed by atoms with van der Waals surface area (Å²) in [7, 11) is 0. The standard InChI is InChI=1S/C20H15Br/c1-13-11-18-17(9-10-20(21)19(18)12-13)16-8-4-6-14-5-2-3-7-15(14)16/h2-10,12H,11H2,1H3. The molecule has 0 saturated carbocycles. The van der Waals surface area contributed by atoms with E-state index in [-0.39, 0.29) is 0 Å². The molecule has 0 nitrogen and oxygen atoms in total. The number of hydrogen-bond donors (Lipinski definition) is 0. The molecule has 0 atom stereocenters. The minimum atomic E-state index is 1.05. The van der Waals surface area contributed by atoms with Crippen LogP contribution in [0.3, 0.4) is 0 Å². The minimum absolute atomic E-state index is 1.05. The summed E-state index contributed by atoms with van der Waals surface area (Å²) in [4.78, 5) is 0. The van der Waals surface area contributed by atoms with Gasteiger partial charge in [0.1, 0.15) is 0 Å². The van der Waals surface area contributed by atoms with Gasteiger partial charge in [-0.3, -0.25) is 0 Å². The molecule has 0 radical (unpaired) electrons. The molecule has 0 fully saturated rings. The smallest absolute Gasteiger partial charge is 0.0251 e. The monoisotopic (exact) mass is 334 g/mol. The molecular weight excluding hydrogens is 320 g/mol. The van der Waals surface area contributed by atoms with Gasteiger partial charge in [0.15, 0.2) is 0 Å². The molecule has 0 spiro atoms. The number of benzene rings is 3. The fourth-order valence-electron chi connectivity index (χ4n) is 3.27. The average Bonchev–Trinajstić information content (AvgIpc) is 2.90. The zero-order valence-corrected chi connectivity index (χ0v) is 13.4. The SMILES string of the molecule is CC1=Cc2c(Br)ccc(-c3cccc4ccccc34)c2C1. The van der Waals surface area contributed by atoms with E-state index >= 15 is 0 Å². The Labute approximate surface area is 133 Å². The summed E-state index contributed by atoms with van der Waals surface area (Å²) in [5.74, 6) is 0. The zero-order valence-electron chi connectivity index (χ0n) is 11.9. The first-order valence-corrected chi connectivity index (χ1v) is 8.00. The van der Waals surface area contributed by atoms with Gasteiger partial charge in [-0.2, -0.15) is 0 Å². The van der Waals surface area contributed by atoms with Crippen molar-refractivity contribution in [3.05, 3.63) is 75.8 Å². The fourth-order valence-corrected chi connectivity index (χ4v) is 3.76. The van der Waals surface area contributed by atoms with Crippen molar-refractivity contribution in [3.8, 4) is 11.1 Å². The van der Waals surface area contributed by atoms with E-state index < -0.39 is 0 Å². The van der Waals surface area contributed by atoms with Gasteiger partial charge in [-0.05, 0) is 52.4 Å². The van der Waals surface area contributed by atoms with E-state index in [1.807, 2.05) is 0 Å². The molecule has 4 rings (SSSR count). The second-order valence-corrected chi connectivity index (χ2v) is 6.54. The first-order valence-electron chi connectivity index (χ1n) is 7.21. The maximum Gasteiger partial charge on any atom is 0.0251 e. The predicted octanol–water partition coefficient (Wildman–Crippen LogP) is 6.23. The first-order chi connectivity index (χ1) is 10.2. The molecule has 1 aliphatic rings. The Kier molecular flexibility index (Phi) is 2.97. The summed E-state index contributed by atoms with van der Waals surface area (Å²) in [6.07, 6.45) is 3.35. The summed E-state index contributed by atoms with van der Waals surface area (Å²) >= 11 is 3.69. The van der Waals surface area contributed by atoms with Gasteiger partial charge in [-0.25, -0.2) is 0 Å². The van der Waals surface area contributed by atoms with Crippen molar-refractivity contribution in [2.75, 3.05) is 0 Å². The Bertz CT molecular complexity index is 882. The highest BCUT2D eigenvalue weighted by Gasteiger charge is 2.18. The Balaban J connectivity index is 2.02. The molecule has 0 aliphatic heterocycles. The van der Waals surface area contributed by atoms with E-state index in [1.54, 1.807) is 0 Å². The van der Waals surface area contributed by atoms with Crippen LogP contribution < -0.4 is 0 Å². The second-order valence-electron chi connectivity index (χ2n) is 5.68. The van der Waals surface area contributed by atoms with E-state index in [9.17, 15) is 0 Å². The number of halogens is 1. The lowest BCUT2D eigenvalue weighted by atomic mass is 9.92. The third-order valence-electron chi connectivity index (χ3n) is 4.23. The van der Waals surface area contributed by atoms with Gasteiger partial charge in [0, 0.05) is 4.47 Å². The average molecular weight is 335 g/mol. The molecule has 1 heteroatoms. The molecule has 0 N–H and O–H groups in total. The lowest BCUT2D eigenvalue weighted by Crippen LogP contribution is -1.91. The van der Waals surface area contributed by atoms with Crippen molar-refractivity contribution in [1.82, 2.24) is 0 Å². The Morgan fingerprint density at radius 3 is 2.57 bits per heavy atom. The van der Waals surface area contributed by atoms with Gasteiger partial charge >= 0.3 is 0 Å². The summed E-state index contributed by atoms with van der Waals surface area (Å²) in [5.41, 5.74) is 6.91. The molecular formula is C20H15Br. The van der Waals surface area contributed by atoms with Crippen LogP contribution in [0.15, 0.2) is 64.6 Å². The van der Waals surface area contributed by atoms with Gasteiger partial charge < -0.3 is 0 Å². The van der Waals surface area contributed by atoms with Crippen LogP contribution in [-0.2, 0) is 6.42 Å². The largest absolute Gasteiger partial charge is 0.0682 e. The van der Waals surface area contributed by atoms with Crippen molar-refractivity contribution >= 4 is 32.8 Å². The predicted molar refractivity (Wildman–Crippen MR) is 94.4 cm³/mol. The van der Waals surface area contributed by atoms with Crippen LogP contribution in [0.1, 0.15) is 18.1 Å². The zero-order chi connectivity index (χ0) is 14.4. The molecule has 0 bridgehead atoms. The molecule has 0 saturated heterocycles. The van der Waals surface area contributed by atoms with Gasteiger partial charge in [-0.1, -0.05) is 76.1 Å². The van der Waals surface area contributed by atoms with E-state index in [4.69, 9.17) is 0 Å². The first kappa shape index (κ1) is 12.8. The van der Waals surface area contributed by atoms with E-state index in [2.05, 4.69) is 83.5 Å². The molecule has 1 aliphatic carbocycles. The Morgan fingerprint density at radius 2 is 1.67 bits per heavy atom. The molecule has 0 amide bonds. The summed E-state index contributed by atoms with van der Waals surface area (Å²) in [5, 5.41) is 2.63. The third kappa shape index (κ3) is 2.04. The van der Waals surface area contributed by atoms with E-state index in [0.717, 1.165) is 6.42 Å². The minimum Gasteiger partial charge on any atom is -0.0682 e. The van der Waals surface area contributed by atoms with Crippen molar-refractivity contribution in [3.63, 3.8) is 0 Å². The molecule has 102 valence electrons. The van der Waals surface area contributed by atoms with Crippen LogP contribution in [0.2, 0.25) is 0 Å². The molecule has 3 aromatic carbocycles. The topological polar surface area (TPSA) is 0 Å². The van der Waals surface area contributed by atoms with Crippen LogP contribution >= 0.6 is 15.9 Å². The maximum atomic E-state index is 3.69. The lowest BCUT2D eigenvalue weighted by Gasteiger charge is -2.13. The van der Waals surface area contributed by atoms with Gasteiger partial charge in [0.05, 0.1) is 0 Å². The van der Waals surface area contributed by atoms with Gasteiger partial charge in [0.2, 0.25) is 0 Å². The van der Waals surface area contributed by atoms with Crippen LogP contribution in [0.4, 0.5) is 0 Å². The van der Waals surface area contributed by atoms with Crippen molar-refractivity contribution in [2.24, 2.45) is 0 Å². The van der Waals surface area contributed by atoms with Crippen LogP contribution in [0.5, 0.6) is 0 Å².